The molecule has 1 fully saturated rings. The van der Waals surface area contributed by atoms with E-state index in [1.807, 2.05) is 6.07 Å². The van der Waals surface area contributed by atoms with Crippen molar-refractivity contribution in [3.8, 4) is 0 Å². The Morgan fingerprint density at radius 2 is 2.21 bits per heavy atom. The summed E-state index contributed by atoms with van der Waals surface area (Å²) in [6, 6.07) is 6.85. The van der Waals surface area contributed by atoms with Crippen LogP contribution in [0.25, 0.3) is 0 Å². The van der Waals surface area contributed by atoms with Gasteiger partial charge >= 0.3 is 0 Å². The molecule has 0 amide bonds. The van der Waals surface area contributed by atoms with Crippen molar-refractivity contribution in [3.63, 3.8) is 0 Å². The van der Waals surface area contributed by atoms with Gasteiger partial charge in [-0.1, -0.05) is 28.1 Å². The second kappa shape index (κ2) is 4.41. The first kappa shape index (κ1) is 10.1. The van der Waals surface area contributed by atoms with Crippen LogP contribution in [0.2, 0.25) is 0 Å². The Morgan fingerprint density at radius 3 is 2.86 bits per heavy atom. The van der Waals surface area contributed by atoms with Crippen LogP contribution >= 0.6 is 15.9 Å². The standard InChI is InChI=1S/C11H13BrFN/c12-5-10-7-14(8-10)6-9-2-1-3-11(13)4-9/h1-4,10H,5-8H2. The molecule has 0 aliphatic carbocycles. The van der Waals surface area contributed by atoms with Gasteiger partial charge in [-0.25, -0.2) is 4.39 Å². The lowest BCUT2D eigenvalue weighted by Gasteiger charge is -2.38. The van der Waals surface area contributed by atoms with Gasteiger partial charge in [-0.05, 0) is 23.6 Å². The zero-order valence-corrected chi connectivity index (χ0v) is 9.50. The van der Waals surface area contributed by atoms with Gasteiger partial charge in [0.1, 0.15) is 5.82 Å². The number of likely N-dealkylation sites (tertiary alicyclic amines) is 1. The minimum absolute atomic E-state index is 0.139. The molecule has 1 heterocycles. The quantitative estimate of drug-likeness (QED) is 0.753. The molecule has 2 rings (SSSR count). The van der Waals surface area contributed by atoms with Crippen molar-refractivity contribution in [3.05, 3.63) is 35.6 Å². The van der Waals surface area contributed by atoms with Crippen LogP contribution in [0.5, 0.6) is 0 Å². The van der Waals surface area contributed by atoms with E-state index in [1.165, 1.54) is 6.07 Å². The van der Waals surface area contributed by atoms with Gasteiger partial charge in [0, 0.05) is 25.0 Å². The first-order valence-electron chi connectivity index (χ1n) is 4.80. The predicted molar refractivity (Wildman–Crippen MR) is 59.0 cm³/mol. The summed E-state index contributed by atoms with van der Waals surface area (Å²) in [4.78, 5) is 2.33. The molecule has 0 atom stereocenters. The average Bonchev–Trinajstić information content (AvgIpc) is 2.10. The molecule has 1 saturated heterocycles. The molecule has 0 N–H and O–H groups in total. The lowest BCUT2D eigenvalue weighted by Crippen LogP contribution is -2.46. The maximum Gasteiger partial charge on any atom is 0.123 e. The van der Waals surface area contributed by atoms with Gasteiger partial charge in [0.15, 0.2) is 0 Å². The molecular formula is C11H13BrFN. The van der Waals surface area contributed by atoms with Gasteiger partial charge < -0.3 is 0 Å². The molecule has 1 aromatic rings. The van der Waals surface area contributed by atoms with E-state index in [0.29, 0.717) is 0 Å². The Labute approximate surface area is 92.0 Å². The number of rotatable bonds is 3. The normalized spacial score (nSPS) is 18.1. The van der Waals surface area contributed by atoms with Crippen molar-refractivity contribution in [1.29, 1.82) is 0 Å². The van der Waals surface area contributed by atoms with Gasteiger partial charge in [0.25, 0.3) is 0 Å². The summed E-state index contributed by atoms with van der Waals surface area (Å²) in [6.45, 7) is 3.13. The third kappa shape index (κ3) is 2.34. The molecule has 0 spiro atoms. The largest absolute Gasteiger partial charge is 0.298 e. The summed E-state index contributed by atoms with van der Waals surface area (Å²) in [7, 11) is 0. The van der Waals surface area contributed by atoms with E-state index in [0.717, 1.165) is 36.4 Å². The third-order valence-corrected chi connectivity index (χ3v) is 3.46. The van der Waals surface area contributed by atoms with Gasteiger partial charge in [0.05, 0.1) is 0 Å². The zero-order chi connectivity index (χ0) is 9.97. The number of halogens is 2. The molecule has 0 saturated carbocycles. The van der Waals surface area contributed by atoms with Crippen LogP contribution in [-0.2, 0) is 6.54 Å². The molecule has 0 aromatic heterocycles. The van der Waals surface area contributed by atoms with Crippen molar-refractivity contribution < 1.29 is 4.39 Å². The summed E-state index contributed by atoms with van der Waals surface area (Å²) in [6.07, 6.45) is 0. The van der Waals surface area contributed by atoms with Crippen LogP contribution in [0, 0.1) is 11.7 Å². The summed E-state index contributed by atoms with van der Waals surface area (Å²) in [5.74, 6) is 0.642. The highest BCUT2D eigenvalue weighted by atomic mass is 79.9. The average molecular weight is 258 g/mol. The molecule has 3 heteroatoms. The number of benzene rings is 1. The maximum absolute atomic E-state index is 12.9. The molecular weight excluding hydrogens is 245 g/mol. The number of hydrogen-bond donors (Lipinski definition) is 0. The second-order valence-electron chi connectivity index (χ2n) is 3.84. The van der Waals surface area contributed by atoms with Gasteiger partial charge in [-0.2, -0.15) is 0 Å². The minimum Gasteiger partial charge on any atom is -0.298 e. The molecule has 1 aliphatic heterocycles. The lowest BCUT2D eigenvalue weighted by molar-refractivity contribution is 0.108. The minimum atomic E-state index is -0.139. The van der Waals surface area contributed by atoms with Crippen LogP contribution in [0.15, 0.2) is 24.3 Å². The number of nitrogens with zero attached hydrogens (tertiary/aromatic N) is 1. The monoisotopic (exact) mass is 257 g/mol. The molecule has 1 aliphatic rings. The highest BCUT2D eigenvalue weighted by Crippen LogP contribution is 2.20. The molecule has 1 nitrogen and oxygen atoms in total. The van der Waals surface area contributed by atoms with E-state index in [4.69, 9.17) is 0 Å². The molecule has 14 heavy (non-hydrogen) atoms. The first-order chi connectivity index (χ1) is 6.78. The maximum atomic E-state index is 12.9. The first-order valence-corrected chi connectivity index (χ1v) is 5.93. The van der Waals surface area contributed by atoms with Crippen LogP contribution in [-0.4, -0.2) is 23.3 Å². The highest BCUT2D eigenvalue weighted by Gasteiger charge is 2.25. The molecule has 1 aromatic carbocycles. The van der Waals surface area contributed by atoms with E-state index in [-0.39, 0.29) is 5.82 Å². The lowest BCUT2D eigenvalue weighted by atomic mass is 10.0. The van der Waals surface area contributed by atoms with Gasteiger partial charge in [0.2, 0.25) is 0 Å². The highest BCUT2D eigenvalue weighted by molar-refractivity contribution is 9.09. The summed E-state index contributed by atoms with van der Waals surface area (Å²) in [5.41, 5.74) is 1.07. The van der Waals surface area contributed by atoms with E-state index in [1.54, 1.807) is 12.1 Å². The van der Waals surface area contributed by atoms with Crippen LogP contribution in [0.3, 0.4) is 0 Å². The molecule has 0 bridgehead atoms. The van der Waals surface area contributed by atoms with Crippen molar-refractivity contribution in [2.75, 3.05) is 18.4 Å². The Balaban J connectivity index is 1.87. The topological polar surface area (TPSA) is 3.24 Å². The van der Waals surface area contributed by atoms with Crippen molar-refractivity contribution in [1.82, 2.24) is 4.90 Å². The van der Waals surface area contributed by atoms with Crippen molar-refractivity contribution in [2.24, 2.45) is 5.92 Å². The third-order valence-electron chi connectivity index (χ3n) is 2.55. The summed E-state index contributed by atoms with van der Waals surface area (Å²) >= 11 is 3.46. The molecule has 0 radical (unpaired) electrons. The smallest absolute Gasteiger partial charge is 0.123 e. The van der Waals surface area contributed by atoms with Crippen molar-refractivity contribution in [2.45, 2.75) is 6.54 Å². The van der Waals surface area contributed by atoms with E-state index < -0.39 is 0 Å². The fourth-order valence-electron chi connectivity index (χ4n) is 1.80. The fourth-order valence-corrected chi connectivity index (χ4v) is 2.21. The van der Waals surface area contributed by atoms with Crippen LogP contribution in [0.4, 0.5) is 4.39 Å². The number of hydrogen-bond acceptors (Lipinski definition) is 1. The fraction of sp³-hybridized carbons (Fsp3) is 0.455. The predicted octanol–water partition coefficient (Wildman–Crippen LogP) is 2.65. The number of alkyl halides is 1. The Hall–Kier alpha value is -0.410. The zero-order valence-electron chi connectivity index (χ0n) is 7.92. The van der Waals surface area contributed by atoms with E-state index in [2.05, 4.69) is 20.8 Å². The Morgan fingerprint density at radius 1 is 1.43 bits per heavy atom. The summed E-state index contributed by atoms with van der Waals surface area (Å²) < 4.78 is 12.9. The molecule has 0 unspecified atom stereocenters. The van der Waals surface area contributed by atoms with E-state index in [9.17, 15) is 4.39 Å². The van der Waals surface area contributed by atoms with Crippen molar-refractivity contribution >= 4 is 15.9 Å². The van der Waals surface area contributed by atoms with E-state index >= 15 is 0 Å². The van der Waals surface area contributed by atoms with Crippen LogP contribution in [0.1, 0.15) is 5.56 Å². The van der Waals surface area contributed by atoms with Gasteiger partial charge in [-0.3, -0.25) is 4.90 Å². The SMILES string of the molecule is Fc1cccc(CN2CC(CBr)C2)c1. The summed E-state index contributed by atoms with van der Waals surface area (Å²) in [5, 5.41) is 1.08. The Bertz CT molecular complexity index is 310. The second-order valence-corrected chi connectivity index (χ2v) is 4.49. The molecule has 76 valence electrons. The Kier molecular flexibility index (Phi) is 3.19. The van der Waals surface area contributed by atoms with Gasteiger partial charge in [-0.15, -0.1) is 0 Å². The van der Waals surface area contributed by atoms with Crippen LogP contribution < -0.4 is 0 Å².